The number of carboxylic acids is 1. The summed E-state index contributed by atoms with van der Waals surface area (Å²) in [5, 5.41) is 13.2. The minimum absolute atomic E-state index is 0.0976. The molecule has 1 saturated heterocycles. The average molecular weight is 294 g/mol. The third-order valence-corrected chi connectivity index (χ3v) is 3.97. The molecule has 20 heavy (non-hydrogen) atoms. The fraction of sp³-hybridized carbons (Fsp3) is 0.429. The van der Waals surface area contributed by atoms with Gasteiger partial charge in [0.2, 0.25) is 0 Å². The molecule has 0 saturated carbocycles. The molecule has 3 heterocycles. The zero-order chi connectivity index (χ0) is 14.1. The van der Waals surface area contributed by atoms with Gasteiger partial charge in [0.1, 0.15) is 5.82 Å². The number of aromatic nitrogens is 2. The van der Waals surface area contributed by atoms with E-state index in [-0.39, 0.29) is 5.69 Å². The van der Waals surface area contributed by atoms with Crippen LogP contribution in [-0.2, 0) is 6.42 Å². The van der Waals surface area contributed by atoms with E-state index >= 15 is 0 Å². The van der Waals surface area contributed by atoms with Gasteiger partial charge in [-0.15, -0.1) is 0 Å². The van der Waals surface area contributed by atoms with Crippen molar-refractivity contribution in [2.75, 3.05) is 13.1 Å². The Bertz CT molecular complexity index is 647. The van der Waals surface area contributed by atoms with Crippen LogP contribution in [0.5, 0.6) is 0 Å². The lowest BCUT2D eigenvalue weighted by atomic mass is 9.96. The molecule has 0 aliphatic carbocycles. The predicted octanol–water partition coefficient (Wildman–Crippen LogP) is 2.23. The van der Waals surface area contributed by atoms with Crippen molar-refractivity contribution in [2.24, 2.45) is 5.92 Å². The van der Waals surface area contributed by atoms with Crippen molar-refractivity contribution in [2.45, 2.75) is 19.3 Å². The van der Waals surface area contributed by atoms with Crippen molar-refractivity contribution < 1.29 is 9.90 Å². The van der Waals surface area contributed by atoms with Gasteiger partial charge in [-0.05, 0) is 44.0 Å². The Hall–Kier alpha value is -1.59. The molecule has 1 aliphatic heterocycles. The molecule has 1 fully saturated rings. The first kappa shape index (κ1) is 13.4. The summed E-state index contributed by atoms with van der Waals surface area (Å²) in [7, 11) is 0. The first-order valence-corrected chi connectivity index (χ1v) is 7.13. The Labute approximate surface area is 121 Å². The SMILES string of the molecule is O=C(O)c1nc(CC2CCCNC2)n2cc(Cl)ccc12. The van der Waals surface area contributed by atoms with Crippen molar-refractivity contribution >= 4 is 23.1 Å². The van der Waals surface area contributed by atoms with Crippen LogP contribution in [0.1, 0.15) is 29.2 Å². The normalized spacial score (nSPS) is 19.4. The van der Waals surface area contributed by atoms with Crippen LogP contribution in [0.15, 0.2) is 18.3 Å². The maximum Gasteiger partial charge on any atom is 0.356 e. The maximum absolute atomic E-state index is 11.3. The van der Waals surface area contributed by atoms with Gasteiger partial charge in [-0.1, -0.05) is 11.6 Å². The summed E-state index contributed by atoms with van der Waals surface area (Å²) in [6, 6.07) is 3.40. The summed E-state index contributed by atoms with van der Waals surface area (Å²) in [6.07, 6.45) is 4.80. The van der Waals surface area contributed by atoms with Crippen LogP contribution in [0.3, 0.4) is 0 Å². The van der Waals surface area contributed by atoms with Crippen molar-refractivity contribution in [1.29, 1.82) is 0 Å². The predicted molar refractivity (Wildman–Crippen MR) is 76.5 cm³/mol. The van der Waals surface area contributed by atoms with Gasteiger partial charge in [-0.25, -0.2) is 9.78 Å². The fourth-order valence-electron chi connectivity index (χ4n) is 2.78. The number of nitrogens with one attached hydrogen (secondary N) is 1. The molecule has 1 aliphatic rings. The fourth-order valence-corrected chi connectivity index (χ4v) is 2.94. The van der Waals surface area contributed by atoms with Crippen molar-refractivity contribution in [3.05, 3.63) is 34.9 Å². The van der Waals surface area contributed by atoms with Crippen LogP contribution in [0.4, 0.5) is 0 Å². The number of rotatable bonds is 3. The highest BCUT2D eigenvalue weighted by Gasteiger charge is 2.20. The number of pyridine rings is 1. The molecule has 2 N–H and O–H groups in total. The average Bonchev–Trinajstić information content (AvgIpc) is 2.78. The van der Waals surface area contributed by atoms with Crippen molar-refractivity contribution in [1.82, 2.24) is 14.7 Å². The van der Waals surface area contributed by atoms with E-state index in [0.29, 0.717) is 16.5 Å². The van der Waals surface area contributed by atoms with Crippen LogP contribution >= 0.6 is 11.6 Å². The summed E-state index contributed by atoms with van der Waals surface area (Å²) < 4.78 is 1.81. The number of fused-ring (bicyclic) bond motifs is 1. The Morgan fingerprint density at radius 2 is 2.40 bits per heavy atom. The number of carboxylic acid groups (broad SMARTS) is 1. The molecule has 5 nitrogen and oxygen atoms in total. The Morgan fingerprint density at radius 3 is 3.10 bits per heavy atom. The molecule has 0 bridgehead atoms. The van der Waals surface area contributed by atoms with Gasteiger partial charge in [0, 0.05) is 12.6 Å². The van der Waals surface area contributed by atoms with Gasteiger partial charge in [0.15, 0.2) is 5.69 Å². The summed E-state index contributed by atoms with van der Waals surface area (Å²) >= 11 is 6.01. The molecule has 1 atom stereocenters. The molecular weight excluding hydrogens is 278 g/mol. The highest BCUT2D eigenvalue weighted by atomic mass is 35.5. The van der Waals surface area contributed by atoms with Crippen molar-refractivity contribution in [3.63, 3.8) is 0 Å². The first-order valence-electron chi connectivity index (χ1n) is 6.75. The number of hydrogen-bond acceptors (Lipinski definition) is 3. The molecule has 0 spiro atoms. The molecule has 2 aromatic heterocycles. The monoisotopic (exact) mass is 293 g/mol. The molecule has 6 heteroatoms. The summed E-state index contributed by atoms with van der Waals surface area (Å²) in [5.41, 5.74) is 0.695. The molecule has 0 aromatic carbocycles. The number of halogens is 1. The standard InChI is InChI=1S/C14H16ClN3O2/c15-10-3-4-11-13(14(19)20)17-12(18(11)8-10)6-9-2-1-5-16-7-9/h3-4,8-9,16H,1-2,5-7H2,(H,19,20). The molecule has 2 aromatic rings. The second-order valence-corrected chi connectivity index (χ2v) is 5.64. The Balaban J connectivity index is 2.00. The Morgan fingerprint density at radius 1 is 1.55 bits per heavy atom. The van der Waals surface area contributed by atoms with Crippen LogP contribution < -0.4 is 5.32 Å². The van der Waals surface area contributed by atoms with Gasteiger partial charge in [-0.3, -0.25) is 0 Å². The van der Waals surface area contributed by atoms with E-state index in [9.17, 15) is 9.90 Å². The highest BCUT2D eigenvalue weighted by molar-refractivity contribution is 6.30. The molecule has 0 amide bonds. The van der Waals surface area contributed by atoms with E-state index in [0.717, 1.165) is 38.2 Å². The molecular formula is C14H16ClN3O2. The lowest BCUT2D eigenvalue weighted by Crippen LogP contribution is -2.31. The zero-order valence-corrected chi connectivity index (χ0v) is 11.7. The van der Waals surface area contributed by atoms with Crippen LogP contribution in [-0.4, -0.2) is 33.6 Å². The van der Waals surface area contributed by atoms with E-state index in [2.05, 4.69) is 10.3 Å². The minimum Gasteiger partial charge on any atom is -0.476 e. The van der Waals surface area contributed by atoms with E-state index in [1.165, 1.54) is 0 Å². The Kier molecular flexibility index (Phi) is 3.63. The number of piperidine rings is 1. The summed E-state index contributed by atoms with van der Waals surface area (Å²) in [6.45, 7) is 2.02. The number of aromatic carboxylic acids is 1. The highest BCUT2D eigenvalue weighted by Crippen LogP contribution is 2.21. The van der Waals surface area contributed by atoms with E-state index in [4.69, 9.17) is 11.6 Å². The third-order valence-electron chi connectivity index (χ3n) is 3.75. The quantitative estimate of drug-likeness (QED) is 0.911. The van der Waals surface area contributed by atoms with Crippen molar-refractivity contribution in [3.8, 4) is 0 Å². The second-order valence-electron chi connectivity index (χ2n) is 5.20. The number of nitrogens with zero attached hydrogens (tertiary/aromatic N) is 2. The van der Waals surface area contributed by atoms with E-state index < -0.39 is 5.97 Å². The minimum atomic E-state index is -1.00. The number of imidazole rings is 1. The van der Waals surface area contributed by atoms with Crippen LogP contribution in [0.2, 0.25) is 5.02 Å². The maximum atomic E-state index is 11.3. The van der Waals surface area contributed by atoms with Crippen LogP contribution in [0.25, 0.3) is 5.52 Å². The lowest BCUT2D eigenvalue weighted by Gasteiger charge is -2.22. The molecule has 1 unspecified atom stereocenters. The van der Waals surface area contributed by atoms with Crippen LogP contribution in [0, 0.1) is 5.92 Å². The zero-order valence-electron chi connectivity index (χ0n) is 11.0. The van der Waals surface area contributed by atoms with Gasteiger partial charge in [0.25, 0.3) is 0 Å². The van der Waals surface area contributed by atoms with E-state index in [1.807, 2.05) is 0 Å². The van der Waals surface area contributed by atoms with E-state index in [1.54, 1.807) is 22.7 Å². The van der Waals surface area contributed by atoms with Gasteiger partial charge >= 0.3 is 5.97 Å². The molecule has 106 valence electrons. The number of hydrogen-bond donors (Lipinski definition) is 2. The third kappa shape index (κ3) is 2.51. The summed E-state index contributed by atoms with van der Waals surface area (Å²) in [5.74, 6) is 0.265. The van der Waals surface area contributed by atoms with Gasteiger partial charge in [-0.2, -0.15) is 0 Å². The topological polar surface area (TPSA) is 66.6 Å². The number of carbonyl (C=O) groups is 1. The first-order chi connectivity index (χ1) is 9.65. The largest absolute Gasteiger partial charge is 0.476 e. The van der Waals surface area contributed by atoms with Gasteiger partial charge in [0.05, 0.1) is 10.5 Å². The van der Waals surface area contributed by atoms with Gasteiger partial charge < -0.3 is 14.8 Å². The smallest absolute Gasteiger partial charge is 0.356 e. The summed E-state index contributed by atoms with van der Waals surface area (Å²) in [4.78, 5) is 15.6. The molecule has 0 radical (unpaired) electrons. The second kappa shape index (κ2) is 5.42. The molecule has 3 rings (SSSR count). The lowest BCUT2D eigenvalue weighted by molar-refractivity contribution is 0.0693.